The van der Waals surface area contributed by atoms with E-state index in [2.05, 4.69) is 25.8 Å². The average Bonchev–Trinajstić information content (AvgIpc) is 3.67. The number of carbonyl (C=O) groups is 3. The minimum atomic E-state index is -2.75. The number of thiazole rings is 1. The van der Waals surface area contributed by atoms with Gasteiger partial charge in [0.1, 0.15) is 5.69 Å². The molecule has 3 N–H and O–H groups in total. The SMILES string of the molecule is [2H]C([2H])([2H])NC(=O)c1nnc(C(=O)C2CC2)cc1Nc1cccc(-c2cnc(C(=O)N3CCNCC3)s2)c1OC. The Morgan fingerprint density at radius 2 is 2.00 bits per heavy atom. The van der Waals surface area contributed by atoms with Gasteiger partial charge in [0, 0.05) is 54.9 Å². The highest BCUT2D eigenvalue weighted by Crippen LogP contribution is 2.41. The predicted molar refractivity (Wildman–Crippen MR) is 139 cm³/mol. The molecule has 0 atom stereocenters. The highest BCUT2D eigenvalue weighted by Gasteiger charge is 2.32. The summed E-state index contributed by atoms with van der Waals surface area (Å²) >= 11 is 1.24. The molecule has 0 bridgehead atoms. The van der Waals surface area contributed by atoms with Crippen LogP contribution in [0.25, 0.3) is 10.4 Å². The number of aromatic nitrogens is 3. The molecule has 192 valence electrons. The van der Waals surface area contributed by atoms with E-state index in [1.165, 1.54) is 24.5 Å². The van der Waals surface area contributed by atoms with Crippen molar-refractivity contribution in [2.75, 3.05) is 45.6 Å². The van der Waals surface area contributed by atoms with E-state index >= 15 is 0 Å². The van der Waals surface area contributed by atoms with Crippen LogP contribution in [0.1, 0.15) is 47.7 Å². The van der Waals surface area contributed by atoms with Crippen LogP contribution in [0.2, 0.25) is 0 Å². The van der Waals surface area contributed by atoms with Crippen molar-refractivity contribution in [1.29, 1.82) is 0 Å². The van der Waals surface area contributed by atoms with E-state index in [-0.39, 0.29) is 34.7 Å². The Labute approximate surface area is 221 Å². The fourth-order valence-electron chi connectivity index (χ4n) is 4.08. The third-order valence-corrected chi connectivity index (χ3v) is 7.19. The van der Waals surface area contributed by atoms with Gasteiger partial charge in [0.15, 0.2) is 22.2 Å². The molecule has 0 unspecified atom stereocenters. The molecular weight excluding hydrogens is 494 g/mol. The maximum atomic E-state index is 12.9. The molecule has 37 heavy (non-hydrogen) atoms. The number of para-hydroxylation sites is 1. The molecule has 0 spiro atoms. The van der Waals surface area contributed by atoms with E-state index < -0.39 is 12.9 Å². The standard InChI is InChI=1S/C25H27N7O4S/c1-26-23(34)20-17(12-18(30-31-20)21(33)14-6-7-14)29-16-5-3-4-15(22(16)36-2)19-13-28-24(37-19)25(35)32-10-8-27-9-11-32/h3-5,12-14,27H,6-11H2,1-2H3,(H,26,34)(H,29,30)/i1D3. The van der Waals surface area contributed by atoms with Gasteiger partial charge in [0.25, 0.3) is 11.8 Å². The van der Waals surface area contributed by atoms with E-state index in [9.17, 15) is 14.4 Å². The summed E-state index contributed by atoms with van der Waals surface area (Å²) in [5.74, 6) is -1.04. The summed E-state index contributed by atoms with van der Waals surface area (Å²) in [5, 5.41) is 16.4. The average molecular weight is 525 g/mol. The lowest BCUT2D eigenvalue weighted by molar-refractivity contribution is 0.0735. The number of hydrogen-bond donors (Lipinski definition) is 3. The van der Waals surface area contributed by atoms with Gasteiger partial charge in [-0.3, -0.25) is 14.4 Å². The first-order chi connectivity index (χ1) is 19.1. The van der Waals surface area contributed by atoms with E-state index in [0.29, 0.717) is 40.0 Å². The fraction of sp³-hybridized carbons (Fsp3) is 0.360. The maximum absolute atomic E-state index is 12.9. The molecule has 2 aliphatic rings. The Kier molecular flexibility index (Phi) is 6.08. The van der Waals surface area contributed by atoms with E-state index in [4.69, 9.17) is 8.85 Å². The lowest BCUT2D eigenvalue weighted by atomic mass is 10.1. The van der Waals surface area contributed by atoms with Gasteiger partial charge in [-0.05, 0) is 31.0 Å². The fourth-order valence-corrected chi connectivity index (χ4v) is 4.99. The van der Waals surface area contributed by atoms with Gasteiger partial charge in [-0.2, -0.15) is 0 Å². The maximum Gasteiger partial charge on any atom is 0.282 e. The highest BCUT2D eigenvalue weighted by atomic mass is 32.1. The quantitative estimate of drug-likeness (QED) is 0.379. The van der Waals surface area contributed by atoms with Crippen LogP contribution in [0.3, 0.4) is 0 Å². The van der Waals surface area contributed by atoms with Crippen molar-refractivity contribution in [3.8, 4) is 16.2 Å². The monoisotopic (exact) mass is 524 g/mol. The summed E-state index contributed by atoms with van der Waals surface area (Å²) in [5.41, 5.74) is 0.940. The molecular formula is C25H27N7O4S. The number of hydrogen-bond acceptors (Lipinski definition) is 10. The summed E-state index contributed by atoms with van der Waals surface area (Å²) in [7, 11) is 1.48. The van der Waals surface area contributed by atoms with Gasteiger partial charge in [-0.25, -0.2) is 4.98 Å². The molecule has 1 aromatic carbocycles. The summed E-state index contributed by atoms with van der Waals surface area (Å²) in [4.78, 5) is 45.2. The number of methoxy groups -OCH3 is 1. The molecule has 1 aliphatic heterocycles. The minimum absolute atomic E-state index is 0.0732. The smallest absolute Gasteiger partial charge is 0.282 e. The van der Waals surface area contributed by atoms with Crippen LogP contribution in [0.15, 0.2) is 30.5 Å². The van der Waals surface area contributed by atoms with Gasteiger partial charge in [0.05, 0.1) is 23.4 Å². The van der Waals surface area contributed by atoms with Crippen molar-refractivity contribution in [1.82, 2.24) is 30.7 Å². The molecule has 3 aromatic rings. The number of rotatable bonds is 8. The first-order valence-corrected chi connectivity index (χ1v) is 12.6. The lowest BCUT2D eigenvalue weighted by Gasteiger charge is -2.26. The van der Waals surface area contributed by atoms with Crippen LogP contribution in [-0.4, -0.2) is 77.9 Å². The number of amides is 2. The first kappa shape index (κ1) is 21.2. The van der Waals surface area contributed by atoms with Crippen LogP contribution in [0.5, 0.6) is 5.75 Å². The number of nitrogens with one attached hydrogen (secondary N) is 3. The zero-order chi connectivity index (χ0) is 28.4. The summed E-state index contributed by atoms with van der Waals surface area (Å²) in [6, 6.07) is 6.66. The number of ether oxygens (including phenoxy) is 1. The number of Topliss-reactive ketones (excluding diaryl/α,β-unsaturated/α-hetero) is 1. The summed E-state index contributed by atoms with van der Waals surface area (Å²) in [6.07, 6.45) is 3.13. The number of anilines is 2. The number of benzene rings is 1. The summed E-state index contributed by atoms with van der Waals surface area (Å²) < 4.78 is 27.9. The largest absolute Gasteiger partial charge is 0.494 e. The molecule has 5 rings (SSSR count). The zero-order valence-electron chi connectivity index (χ0n) is 23.0. The van der Waals surface area contributed by atoms with Crippen molar-refractivity contribution in [3.05, 3.63) is 46.9 Å². The number of nitrogens with zero attached hydrogens (tertiary/aromatic N) is 4. The van der Waals surface area contributed by atoms with Crippen molar-refractivity contribution in [2.24, 2.45) is 5.92 Å². The number of ketones is 1. The van der Waals surface area contributed by atoms with Crippen molar-refractivity contribution >= 4 is 40.3 Å². The van der Waals surface area contributed by atoms with Crippen molar-refractivity contribution < 1.29 is 23.2 Å². The Morgan fingerprint density at radius 1 is 1.19 bits per heavy atom. The molecule has 0 radical (unpaired) electrons. The van der Waals surface area contributed by atoms with Gasteiger partial charge < -0.3 is 25.6 Å². The molecule has 11 nitrogen and oxygen atoms in total. The van der Waals surface area contributed by atoms with Crippen molar-refractivity contribution in [2.45, 2.75) is 12.8 Å². The molecule has 2 fully saturated rings. The molecule has 1 saturated carbocycles. The van der Waals surface area contributed by atoms with Crippen LogP contribution in [0, 0.1) is 5.92 Å². The Morgan fingerprint density at radius 3 is 2.73 bits per heavy atom. The van der Waals surface area contributed by atoms with Crippen LogP contribution < -0.4 is 20.7 Å². The van der Waals surface area contributed by atoms with E-state index in [1.54, 1.807) is 23.2 Å². The molecule has 1 aliphatic carbocycles. The van der Waals surface area contributed by atoms with Crippen LogP contribution in [0.4, 0.5) is 11.4 Å². The Bertz CT molecular complexity index is 1450. The molecule has 1 saturated heterocycles. The molecule has 3 heterocycles. The second-order valence-corrected chi connectivity index (χ2v) is 9.70. The van der Waals surface area contributed by atoms with Gasteiger partial charge in [-0.1, -0.05) is 6.07 Å². The van der Waals surface area contributed by atoms with Gasteiger partial charge >= 0.3 is 0 Å². The molecule has 2 aromatic heterocycles. The van der Waals surface area contributed by atoms with Crippen LogP contribution >= 0.6 is 11.3 Å². The third-order valence-electron chi connectivity index (χ3n) is 6.17. The van der Waals surface area contributed by atoms with E-state index in [1.807, 2.05) is 11.4 Å². The van der Waals surface area contributed by atoms with Crippen LogP contribution in [-0.2, 0) is 0 Å². The topological polar surface area (TPSA) is 138 Å². The predicted octanol–water partition coefficient (Wildman–Crippen LogP) is 2.35. The number of carbonyl (C=O) groups excluding carboxylic acids is 3. The van der Waals surface area contributed by atoms with Gasteiger partial charge in [-0.15, -0.1) is 21.5 Å². The van der Waals surface area contributed by atoms with Gasteiger partial charge in [0.2, 0.25) is 0 Å². The minimum Gasteiger partial charge on any atom is -0.494 e. The third kappa shape index (κ3) is 5.16. The first-order valence-electron chi connectivity index (χ1n) is 13.3. The molecule has 2 amide bonds. The second kappa shape index (κ2) is 10.6. The zero-order valence-corrected chi connectivity index (χ0v) is 20.9. The molecule has 12 heteroatoms. The van der Waals surface area contributed by atoms with Crippen molar-refractivity contribution in [3.63, 3.8) is 0 Å². The van der Waals surface area contributed by atoms with E-state index in [0.717, 1.165) is 25.9 Å². The highest BCUT2D eigenvalue weighted by molar-refractivity contribution is 7.17. The Hall–Kier alpha value is -3.90. The lowest BCUT2D eigenvalue weighted by Crippen LogP contribution is -2.46. The second-order valence-electron chi connectivity index (χ2n) is 8.67. The Balaban J connectivity index is 1.48. The number of piperazine rings is 1. The normalized spacial score (nSPS) is 16.8. The summed E-state index contributed by atoms with van der Waals surface area (Å²) in [6.45, 7) is -0.0632.